The van der Waals surface area contributed by atoms with Crippen molar-refractivity contribution in [3.05, 3.63) is 27.9 Å². The highest BCUT2D eigenvalue weighted by atomic mass is 32.1. The molecule has 0 fully saturated rings. The molecular weight excluding hydrogens is 198 g/mol. The molecule has 0 unspecified atom stereocenters. The number of aromatic nitrogens is 2. The van der Waals surface area contributed by atoms with E-state index in [4.69, 9.17) is 4.52 Å². The fourth-order valence-electron chi connectivity index (χ4n) is 1.10. The Morgan fingerprint density at radius 3 is 2.93 bits per heavy atom. The Morgan fingerprint density at radius 1 is 1.50 bits per heavy atom. The van der Waals surface area contributed by atoms with Gasteiger partial charge in [-0.05, 0) is 13.8 Å². The van der Waals surface area contributed by atoms with Gasteiger partial charge in [-0.1, -0.05) is 5.16 Å². The summed E-state index contributed by atoms with van der Waals surface area (Å²) in [7, 11) is 0. The molecule has 4 nitrogen and oxygen atoms in total. The van der Waals surface area contributed by atoms with E-state index in [9.17, 15) is 0 Å². The Morgan fingerprint density at radius 2 is 2.36 bits per heavy atom. The molecule has 0 aliphatic carbocycles. The average molecular weight is 209 g/mol. The lowest BCUT2D eigenvalue weighted by Gasteiger charge is -1.98. The highest BCUT2D eigenvalue weighted by Crippen LogP contribution is 2.14. The van der Waals surface area contributed by atoms with Crippen LogP contribution in [-0.4, -0.2) is 10.1 Å². The number of rotatable bonds is 3. The predicted molar refractivity (Wildman–Crippen MR) is 55.4 cm³/mol. The first-order valence-corrected chi connectivity index (χ1v) is 5.19. The van der Waals surface area contributed by atoms with Crippen LogP contribution in [0.15, 0.2) is 16.2 Å². The van der Waals surface area contributed by atoms with E-state index in [0.29, 0.717) is 6.54 Å². The SMILES string of the molecule is Cc1csc(CNc2nocc2C)n1. The van der Waals surface area contributed by atoms with Gasteiger partial charge in [0.1, 0.15) is 11.3 Å². The third-order valence-corrected chi connectivity index (χ3v) is 2.79. The molecule has 0 aliphatic heterocycles. The maximum Gasteiger partial charge on any atom is 0.172 e. The number of aryl methyl sites for hydroxylation is 2. The van der Waals surface area contributed by atoms with Crippen LogP contribution < -0.4 is 5.32 Å². The van der Waals surface area contributed by atoms with Crippen molar-refractivity contribution in [2.24, 2.45) is 0 Å². The van der Waals surface area contributed by atoms with E-state index < -0.39 is 0 Å². The summed E-state index contributed by atoms with van der Waals surface area (Å²) >= 11 is 1.65. The van der Waals surface area contributed by atoms with Gasteiger partial charge in [0.25, 0.3) is 0 Å². The summed E-state index contributed by atoms with van der Waals surface area (Å²) in [6.45, 7) is 4.64. The summed E-state index contributed by atoms with van der Waals surface area (Å²) in [5.41, 5.74) is 2.07. The standard InChI is InChI=1S/C9H11N3OS/c1-6-4-13-12-9(6)10-3-8-11-7(2)5-14-8/h4-5H,3H2,1-2H3,(H,10,12). The lowest BCUT2D eigenvalue weighted by molar-refractivity contribution is 0.421. The van der Waals surface area contributed by atoms with E-state index in [1.54, 1.807) is 17.6 Å². The van der Waals surface area contributed by atoms with Crippen LogP contribution in [0.5, 0.6) is 0 Å². The Labute approximate surface area is 86.0 Å². The summed E-state index contributed by atoms with van der Waals surface area (Å²) in [6.07, 6.45) is 1.62. The topological polar surface area (TPSA) is 51.0 Å². The minimum absolute atomic E-state index is 0.700. The van der Waals surface area contributed by atoms with Crippen molar-refractivity contribution in [2.75, 3.05) is 5.32 Å². The molecule has 0 spiro atoms. The van der Waals surface area contributed by atoms with E-state index >= 15 is 0 Å². The van der Waals surface area contributed by atoms with Gasteiger partial charge in [-0.3, -0.25) is 0 Å². The van der Waals surface area contributed by atoms with E-state index in [-0.39, 0.29) is 0 Å². The second kappa shape index (κ2) is 3.79. The van der Waals surface area contributed by atoms with Crippen molar-refractivity contribution in [3.8, 4) is 0 Å². The molecule has 0 aromatic carbocycles. The molecule has 14 heavy (non-hydrogen) atoms. The van der Waals surface area contributed by atoms with Gasteiger partial charge in [0.15, 0.2) is 5.82 Å². The molecule has 0 atom stereocenters. The van der Waals surface area contributed by atoms with Gasteiger partial charge < -0.3 is 9.84 Å². The van der Waals surface area contributed by atoms with Crippen LogP contribution in [0.3, 0.4) is 0 Å². The fourth-order valence-corrected chi connectivity index (χ4v) is 1.81. The van der Waals surface area contributed by atoms with E-state index in [1.165, 1.54) is 0 Å². The maximum atomic E-state index is 4.81. The maximum absolute atomic E-state index is 4.81. The molecule has 74 valence electrons. The summed E-state index contributed by atoms with van der Waals surface area (Å²) in [5.74, 6) is 0.790. The van der Waals surface area contributed by atoms with Crippen LogP contribution >= 0.6 is 11.3 Å². The largest absolute Gasteiger partial charge is 0.362 e. The Kier molecular flexibility index (Phi) is 2.49. The van der Waals surface area contributed by atoms with Gasteiger partial charge in [0.2, 0.25) is 0 Å². The molecule has 0 saturated heterocycles. The number of nitrogens with one attached hydrogen (secondary N) is 1. The van der Waals surface area contributed by atoms with Crippen molar-refractivity contribution in [3.63, 3.8) is 0 Å². The first kappa shape index (κ1) is 9.21. The molecule has 2 aromatic rings. The Hall–Kier alpha value is -1.36. The van der Waals surface area contributed by atoms with Crippen molar-refractivity contribution in [2.45, 2.75) is 20.4 Å². The molecule has 0 saturated carbocycles. The van der Waals surface area contributed by atoms with Crippen molar-refractivity contribution >= 4 is 17.2 Å². The lowest BCUT2D eigenvalue weighted by atomic mass is 10.4. The molecule has 0 radical (unpaired) electrons. The zero-order chi connectivity index (χ0) is 9.97. The molecular formula is C9H11N3OS. The van der Waals surface area contributed by atoms with Crippen LogP contribution in [0.4, 0.5) is 5.82 Å². The summed E-state index contributed by atoms with van der Waals surface area (Å²) in [6, 6.07) is 0. The van der Waals surface area contributed by atoms with Gasteiger partial charge in [-0.15, -0.1) is 11.3 Å². The lowest BCUT2D eigenvalue weighted by Crippen LogP contribution is -2.00. The van der Waals surface area contributed by atoms with Crippen molar-refractivity contribution in [1.29, 1.82) is 0 Å². The molecule has 2 aromatic heterocycles. The highest BCUT2D eigenvalue weighted by molar-refractivity contribution is 7.09. The fraction of sp³-hybridized carbons (Fsp3) is 0.333. The normalized spacial score (nSPS) is 10.4. The quantitative estimate of drug-likeness (QED) is 0.843. The number of anilines is 1. The van der Waals surface area contributed by atoms with Gasteiger partial charge in [0, 0.05) is 16.6 Å². The number of nitrogens with zero attached hydrogens (tertiary/aromatic N) is 2. The number of thiazole rings is 1. The molecule has 0 bridgehead atoms. The van der Waals surface area contributed by atoms with Crippen molar-refractivity contribution < 1.29 is 4.52 Å². The Bertz CT molecular complexity index is 421. The van der Waals surface area contributed by atoms with Gasteiger partial charge in [-0.25, -0.2) is 4.98 Å². The minimum atomic E-state index is 0.700. The molecule has 5 heteroatoms. The first-order valence-electron chi connectivity index (χ1n) is 4.31. The average Bonchev–Trinajstić information content (AvgIpc) is 2.72. The molecule has 2 heterocycles. The summed E-state index contributed by atoms with van der Waals surface area (Å²) in [4.78, 5) is 4.34. The number of hydrogen-bond donors (Lipinski definition) is 1. The van der Waals surface area contributed by atoms with E-state index in [2.05, 4.69) is 15.5 Å². The summed E-state index contributed by atoms with van der Waals surface area (Å²) in [5, 5.41) is 10.1. The van der Waals surface area contributed by atoms with Crippen LogP contribution in [0.2, 0.25) is 0 Å². The molecule has 2 rings (SSSR count). The van der Waals surface area contributed by atoms with Gasteiger partial charge >= 0.3 is 0 Å². The van der Waals surface area contributed by atoms with Crippen molar-refractivity contribution in [1.82, 2.24) is 10.1 Å². The summed E-state index contributed by atoms with van der Waals surface area (Å²) < 4.78 is 4.81. The second-order valence-corrected chi connectivity index (χ2v) is 4.02. The van der Waals surface area contributed by atoms with Crippen LogP contribution in [0.25, 0.3) is 0 Å². The zero-order valence-electron chi connectivity index (χ0n) is 8.07. The smallest absolute Gasteiger partial charge is 0.172 e. The Balaban J connectivity index is 1.98. The third kappa shape index (κ3) is 1.93. The monoisotopic (exact) mass is 209 g/mol. The molecule has 0 amide bonds. The predicted octanol–water partition coefficient (Wildman–Crippen LogP) is 2.36. The number of hydrogen-bond acceptors (Lipinski definition) is 5. The second-order valence-electron chi connectivity index (χ2n) is 3.08. The van der Waals surface area contributed by atoms with Crippen LogP contribution in [0.1, 0.15) is 16.3 Å². The minimum Gasteiger partial charge on any atom is -0.362 e. The van der Waals surface area contributed by atoms with E-state index in [0.717, 1.165) is 22.1 Å². The van der Waals surface area contributed by atoms with Gasteiger partial charge in [0.05, 0.1) is 6.54 Å². The molecule has 0 aliphatic rings. The molecule has 1 N–H and O–H groups in total. The van der Waals surface area contributed by atoms with Gasteiger partial charge in [-0.2, -0.15) is 0 Å². The zero-order valence-corrected chi connectivity index (χ0v) is 8.89. The third-order valence-electron chi connectivity index (χ3n) is 1.82. The van der Waals surface area contributed by atoms with Crippen LogP contribution in [-0.2, 0) is 6.54 Å². The first-order chi connectivity index (χ1) is 6.75. The highest BCUT2D eigenvalue weighted by Gasteiger charge is 2.03. The van der Waals surface area contributed by atoms with E-state index in [1.807, 2.05) is 19.2 Å². The van der Waals surface area contributed by atoms with Crippen LogP contribution in [0, 0.1) is 13.8 Å².